The van der Waals surface area contributed by atoms with Gasteiger partial charge in [-0.15, -0.1) is 0 Å². The SMILES string of the molecule is CC[NH+](CC)[C@@H](CNc1ccc(S(=O)(=O)N2CCOCC2)c[nH+]1)c1ccccc1. The molecule has 0 unspecified atom stereocenters. The van der Waals surface area contributed by atoms with E-state index in [1.807, 2.05) is 6.07 Å². The second kappa shape index (κ2) is 10.2. The number of rotatable bonds is 9. The van der Waals surface area contributed by atoms with Crippen molar-refractivity contribution in [3.05, 3.63) is 54.2 Å². The molecule has 3 N–H and O–H groups in total. The van der Waals surface area contributed by atoms with Crippen LogP contribution in [0.2, 0.25) is 0 Å². The van der Waals surface area contributed by atoms with Crippen LogP contribution in [0.1, 0.15) is 25.5 Å². The first kappa shape index (κ1) is 21.7. The summed E-state index contributed by atoms with van der Waals surface area (Å²) in [6.45, 7) is 8.91. The van der Waals surface area contributed by atoms with Crippen molar-refractivity contribution in [2.24, 2.45) is 0 Å². The fourth-order valence-electron chi connectivity index (χ4n) is 3.76. The van der Waals surface area contributed by atoms with Crippen LogP contribution in [0.3, 0.4) is 0 Å². The van der Waals surface area contributed by atoms with Gasteiger partial charge in [0.25, 0.3) is 5.82 Å². The number of ether oxygens (including phenoxy) is 1. The van der Waals surface area contributed by atoms with Crippen molar-refractivity contribution in [1.29, 1.82) is 0 Å². The monoisotopic (exact) mass is 420 g/mol. The highest BCUT2D eigenvalue weighted by atomic mass is 32.2. The highest BCUT2D eigenvalue weighted by molar-refractivity contribution is 7.89. The van der Waals surface area contributed by atoms with Crippen molar-refractivity contribution < 1.29 is 23.0 Å². The minimum absolute atomic E-state index is 0.277. The quantitative estimate of drug-likeness (QED) is 0.623. The van der Waals surface area contributed by atoms with E-state index >= 15 is 0 Å². The number of pyridine rings is 1. The molecule has 2 aromatic rings. The van der Waals surface area contributed by atoms with E-state index in [0.29, 0.717) is 32.3 Å². The number of benzene rings is 1. The van der Waals surface area contributed by atoms with Gasteiger partial charge < -0.3 is 9.64 Å². The Labute approximate surface area is 173 Å². The van der Waals surface area contributed by atoms with Crippen molar-refractivity contribution in [2.45, 2.75) is 24.8 Å². The predicted octanol–water partition coefficient (Wildman–Crippen LogP) is 0.600. The molecule has 0 radical (unpaired) electrons. The molecule has 1 aliphatic heterocycles. The van der Waals surface area contributed by atoms with Crippen molar-refractivity contribution in [3.63, 3.8) is 0 Å². The number of sulfonamides is 1. The second-order valence-electron chi connectivity index (χ2n) is 7.16. The van der Waals surface area contributed by atoms with Gasteiger partial charge in [0.2, 0.25) is 10.0 Å². The Morgan fingerprint density at radius 1 is 1.10 bits per heavy atom. The van der Waals surface area contributed by atoms with Crippen LogP contribution in [0.15, 0.2) is 53.6 Å². The van der Waals surface area contributed by atoms with E-state index in [-0.39, 0.29) is 4.90 Å². The minimum atomic E-state index is -3.48. The average Bonchev–Trinajstić information content (AvgIpc) is 2.78. The maximum atomic E-state index is 12.7. The first-order chi connectivity index (χ1) is 14.1. The van der Waals surface area contributed by atoms with E-state index in [9.17, 15) is 8.42 Å². The van der Waals surface area contributed by atoms with Gasteiger partial charge in [-0.2, -0.15) is 4.31 Å². The molecule has 1 aliphatic rings. The first-order valence-electron chi connectivity index (χ1n) is 10.3. The fourth-order valence-corrected chi connectivity index (χ4v) is 5.13. The van der Waals surface area contributed by atoms with Crippen LogP contribution in [0.25, 0.3) is 0 Å². The van der Waals surface area contributed by atoms with E-state index in [4.69, 9.17) is 4.74 Å². The second-order valence-corrected chi connectivity index (χ2v) is 9.10. The fraction of sp³-hybridized carbons (Fsp3) is 0.476. The minimum Gasteiger partial charge on any atom is -0.379 e. The van der Waals surface area contributed by atoms with Crippen LogP contribution in [0, 0.1) is 0 Å². The van der Waals surface area contributed by atoms with Crippen LogP contribution < -0.4 is 15.2 Å². The zero-order chi connectivity index (χ0) is 20.7. The Morgan fingerprint density at radius 3 is 2.38 bits per heavy atom. The van der Waals surface area contributed by atoms with Gasteiger partial charge in [0.1, 0.15) is 17.6 Å². The van der Waals surface area contributed by atoms with Gasteiger partial charge >= 0.3 is 0 Å². The summed E-state index contributed by atoms with van der Waals surface area (Å²) in [5.74, 6) is 0.804. The number of hydrogen-bond donors (Lipinski definition) is 2. The number of quaternary nitrogens is 1. The Kier molecular flexibility index (Phi) is 7.60. The molecular weight excluding hydrogens is 388 g/mol. The number of H-pyrrole nitrogens is 1. The Bertz CT molecular complexity index is 849. The number of aromatic nitrogens is 1. The molecule has 1 atom stereocenters. The van der Waals surface area contributed by atoms with Crippen LogP contribution in [0.5, 0.6) is 0 Å². The summed E-state index contributed by atoms with van der Waals surface area (Å²) >= 11 is 0. The molecule has 29 heavy (non-hydrogen) atoms. The van der Waals surface area contributed by atoms with E-state index < -0.39 is 10.0 Å². The van der Waals surface area contributed by atoms with Crippen molar-refractivity contribution >= 4 is 15.8 Å². The highest BCUT2D eigenvalue weighted by Gasteiger charge is 2.28. The molecule has 0 saturated carbocycles. The zero-order valence-corrected chi connectivity index (χ0v) is 18.0. The molecule has 7 nitrogen and oxygen atoms in total. The predicted molar refractivity (Wildman–Crippen MR) is 112 cm³/mol. The maximum Gasteiger partial charge on any atom is 0.272 e. The number of likely N-dealkylation sites (N-methyl/N-ethyl adjacent to an activating group) is 1. The number of morpholine rings is 1. The van der Waals surface area contributed by atoms with Gasteiger partial charge in [-0.05, 0) is 19.9 Å². The van der Waals surface area contributed by atoms with Crippen molar-refractivity contribution in [3.8, 4) is 0 Å². The van der Waals surface area contributed by atoms with Gasteiger partial charge in [-0.25, -0.2) is 13.4 Å². The standard InChI is InChI=1S/C21H30N4O3S/c1-3-24(4-2)20(18-8-6-5-7-9-18)17-23-21-11-10-19(16-22-21)29(26,27)25-12-14-28-15-13-25/h5-11,16,20H,3-4,12-15,17H2,1-2H3,(H,22,23)/p+2/t20-/m0/s1. The molecule has 8 heteroatoms. The average molecular weight is 421 g/mol. The summed E-state index contributed by atoms with van der Waals surface area (Å²) in [6, 6.07) is 14.3. The number of nitrogens with zero attached hydrogens (tertiary/aromatic N) is 1. The van der Waals surface area contributed by atoms with Gasteiger partial charge in [-0.3, -0.25) is 5.32 Å². The molecule has 1 aromatic carbocycles. The molecule has 3 rings (SSSR count). The number of hydrogen-bond acceptors (Lipinski definition) is 4. The molecule has 0 aliphatic carbocycles. The summed E-state index contributed by atoms with van der Waals surface area (Å²) < 4.78 is 32.2. The van der Waals surface area contributed by atoms with Crippen LogP contribution >= 0.6 is 0 Å². The molecule has 1 saturated heterocycles. The van der Waals surface area contributed by atoms with Crippen molar-refractivity contribution in [1.82, 2.24) is 4.31 Å². The van der Waals surface area contributed by atoms with E-state index in [1.165, 1.54) is 14.8 Å². The highest BCUT2D eigenvalue weighted by Crippen LogP contribution is 2.16. The number of anilines is 1. The van der Waals surface area contributed by atoms with Gasteiger partial charge in [0.05, 0.1) is 26.3 Å². The third kappa shape index (κ3) is 5.33. The summed E-state index contributed by atoms with van der Waals surface area (Å²) in [7, 11) is -3.48. The largest absolute Gasteiger partial charge is 0.379 e. The summed E-state index contributed by atoms with van der Waals surface area (Å²) in [4.78, 5) is 4.88. The normalized spacial score (nSPS) is 16.7. The summed E-state index contributed by atoms with van der Waals surface area (Å²) in [5, 5.41) is 3.45. The Morgan fingerprint density at radius 2 is 1.79 bits per heavy atom. The molecule has 0 amide bonds. The molecule has 0 spiro atoms. The number of aromatic amines is 1. The molecule has 2 heterocycles. The summed E-state index contributed by atoms with van der Waals surface area (Å²) in [5.41, 5.74) is 1.30. The lowest BCUT2D eigenvalue weighted by molar-refractivity contribution is -0.926. The molecule has 1 aromatic heterocycles. The lowest BCUT2D eigenvalue weighted by atomic mass is 10.1. The van der Waals surface area contributed by atoms with E-state index in [2.05, 4.69) is 48.4 Å². The molecule has 1 fully saturated rings. The zero-order valence-electron chi connectivity index (χ0n) is 17.2. The van der Waals surface area contributed by atoms with Crippen molar-refractivity contribution in [2.75, 3.05) is 51.3 Å². The third-order valence-electron chi connectivity index (χ3n) is 5.49. The smallest absolute Gasteiger partial charge is 0.272 e. The molecule has 158 valence electrons. The third-order valence-corrected chi connectivity index (χ3v) is 7.39. The Balaban J connectivity index is 1.69. The summed E-state index contributed by atoms with van der Waals surface area (Å²) in [6.07, 6.45) is 1.56. The van der Waals surface area contributed by atoms with Crippen LogP contribution in [-0.2, 0) is 14.8 Å². The topological polar surface area (TPSA) is 77.2 Å². The van der Waals surface area contributed by atoms with E-state index in [0.717, 1.165) is 25.5 Å². The van der Waals surface area contributed by atoms with E-state index in [1.54, 1.807) is 18.3 Å². The first-order valence-corrected chi connectivity index (χ1v) is 11.7. The maximum absolute atomic E-state index is 12.7. The lowest BCUT2D eigenvalue weighted by Gasteiger charge is -2.26. The Hall–Kier alpha value is -2.00. The van der Waals surface area contributed by atoms with Gasteiger partial charge in [-0.1, -0.05) is 30.3 Å². The van der Waals surface area contributed by atoms with Gasteiger partial charge in [0, 0.05) is 24.7 Å². The van der Waals surface area contributed by atoms with Gasteiger partial charge in [0.15, 0.2) is 6.04 Å². The number of nitrogens with one attached hydrogen (secondary N) is 3. The lowest BCUT2D eigenvalue weighted by Crippen LogP contribution is -3.12. The van der Waals surface area contributed by atoms with Crippen LogP contribution in [0.4, 0.5) is 5.82 Å². The molecule has 0 bridgehead atoms. The van der Waals surface area contributed by atoms with Crippen LogP contribution in [-0.4, -0.2) is 58.7 Å². The molecular formula is C21H32N4O3S+2.